The highest BCUT2D eigenvalue weighted by Crippen LogP contribution is 2.21. The van der Waals surface area contributed by atoms with Gasteiger partial charge in [-0.3, -0.25) is 14.5 Å². The van der Waals surface area contributed by atoms with Crippen LogP contribution in [-0.4, -0.2) is 77.4 Å². The molecule has 0 bridgehead atoms. The Morgan fingerprint density at radius 3 is 2.65 bits per heavy atom. The van der Waals surface area contributed by atoms with Gasteiger partial charge < -0.3 is 15.5 Å². The Morgan fingerprint density at radius 1 is 1.19 bits per heavy atom. The predicted molar refractivity (Wildman–Crippen MR) is 98.6 cm³/mol. The summed E-state index contributed by atoms with van der Waals surface area (Å²) in [5.74, 6) is 0.786. The van der Waals surface area contributed by atoms with E-state index in [-0.39, 0.29) is 24.3 Å². The van der Waals surface area contributed by atoms with Crippen LogP contribution in [0.1, 0.15) is 25.5 Å². The van der Waals surface area contributed by atoms with Crippen molar-refractivity contribution >= 4 is 17.6 Å². The van der Waals surface area contributed by atoms with E-state index in [2.05, 4.69) is 21.8 Å². The summed E-state index contributed by atoms with van der Waals surface area (Å²) >= 11 is 0. The lowest BCUT2D eigenvalue weighted by Gasteiger charge is -2.39. The van der Waals surface area contributed by atoms with Crippen molar-refractivity contribution in [2.75, 3.05) is 50.7 Å². The van der Waals surface area contributed by atoms with E-state index in [9.17, 15) is 9.59 Å². The van der Waals surface area contributed by atoms with Gasteiger partial charge >= 0.3 is 0 Å². The van der Waals surface area contributed by atoms with E-state index >= 15 is 0 Å². The first-order valence-corrected chi connectivity index (χ1v) is 9.42. The standard InChI is InChI=1S/C18H28N6O2/c1-2-15-10-17(21-13-20-15)23-6-8-24(9-7-23)18(26)14-4-3-5-22(11-14)12-16(19)25/h10,13-14H,2-9,11-12H2,1H3,(H2,19,25). The quantitative estimate of drug-likeness (QED) is 0.787. The fourth-order valence-electron chi connectivity index (χ4n) is 3.79. The molecular formula is C18H28N6O2. The minimum Gasteiger partial charge on any atom is -0.369 e. The molecule has 2 amide bonds. The Bertz CT molecular complexity index is 644. The average Bonchev–Trinajstić information content (AvgIpc) is 2.67. The summed E-state index contributed by atoms with van der Waals surface area (Å²) < 4.78 is 0. The molecule has 0 saturated carbocycles. The van der Waals surface area contributed by atoms with Crippen molar-refractivity contribution in [2.24, 2.45) is 11.7 Å². The second-order valence-corrected chi connectivity index (χ2v) is 7.07. The van der Waals surface area contributed by atoms with Gasteiger partial charge in [-0.15, -0.1) is 0 Å². The van der Waals surface area contributed by atoms with Crippen molar-refractivity contribution in [1.29, 1.82) is 0 Å². The van der Waals surface area contributed by atoms with Crippen LogP contribution in [0.2, 0.25) is 0 Å². The third-order valence-corrected chi connectivity index (χ3v) is 5.22. The molecule has 3 rings (SSSR count). The monoisotopic (exact) mass is 360 g/mol. The van der Waals surface area contributed by atoms with E-state index in [0.29, 0.717) is 19.6 Å². The molecule has 0 radical (unpaired) electrons. The summed E-state index contributed by atoms with van der Waals surface area (Å²) in [4.78, 5) is 38.8. The van der Waals surface area contributed by atoms with Crippen LogP contribution >= 0.6 is 0 Å². The zero-order valence-electron chi connectivity index (χ0n) is 15.4. The largest absolute Gasteiger partial charge is 0.369 e. The van der Waals surface area contributed by atoms with Gasteiger partial charge in [-0.2, -0.15) is 0 Å². The van der Waals surface area contributed by atoms with Crippen molar-refractivity contribution in [3.8, 4) is 0 Å². The summed E-state index contributed by atoms with van der Waals surface area (Å²) in [5, 5.41) is 0. The molecule has 2 N–H and O–H groups in total. The molecule has 2 aliphatic heterocycles. The molecule has 1 aromatic heterocycles. The number of aryl methyl sites for hydroxylation is 1. The van der Waals surface area contributed by atoms with E-state index in [1.807, 2.05) is 15.9 Å². The summed E-state index contributed by atoms with van der Waals surface area (Å²) in [6.07, 6.45) is 4.32. The lowest BCUT2D eigenvalue weighted by Crippen LogP contribution is -2.53. The van der Waals surface area contributed by atoms with Gasteiger partial charge in [0.15, 0.2) is 0 Å². The van der Waals surface area contributed by atoms with Crippen molar-refractivity contribution in [2.45, 2.75) is 26.2 Å². The number of hydrogen-bond acceptors (Lipinski definition) is 6. The first-order valence-electron chi connectivity index (χ1n) is 9.42. The molecule has 3 heterocycles. The minimum atomic E-state index is -0.331. The normalized spacial score (nSPS) is 21.7. The zero-order chi connectivity index (χ0) is 18.5. The number of amides is 2. The van der Waals surface area contributed by atoms with Crippen LogP contribution in [0.4, 0.5) is 5.82 Å². The molecule has 2 fully saturated rings. The fraction of sp³-hybridized carbons (Fsp3) is 0.667. The Labute approximate surface area is 154 Å². The maximum absolute atomic E-state index is 12.9. The van der Waals surface area contributed by atoms with Crippen molar-refractivity contribution in [3.05, 3.63) is 18.1 Å². The number of primary amides is 1. The molecule has 0 aliphatic carbocycles. The molecule has 8 nitrogen and oxygen atoms in total. The van der Waals surface area contributed by atoms with E-state index in [4.69, 9.17) is 5.73 Å². The van der Waals surface area contributed by atoms with Crippen LogP contribution in [0.3, 0.4) is 0 Å². The third kappa shape index (κ3) is 4.49. The highest BCUT2D eigenvalue weighted by Gasteiger charge is 2.31. The summed E-state index contributed by atoms with van der Waals surface area (Å²) in [6, 6.07) is 2.03. The first kappa shape index (κ1) is 18.6. The Morgan fingerprint density at radius 2 is 1.96 bits per heavy atom. The van der Waals surface area contributed by atoms with Gasteiger partial charge in [0, 0.05) is 44.5 Å². The first-order chi connectivity index (χ1) is 12.6. The second-order valence-electron chi connectivity index (χ2n) is 7.07. The van der Waals surface area contributed by atoms with Crippen LogP contribution in [0, 0.1) is 5.92 Å². The van der Waals surface area contributed by atoms with Crippen molar-refractivity contribution < 1.29 is 9.59 Å². The number of rotatable bonds is 5. The van der Waals surface area contributed by atoms with Gasteiger partial charge in [0.25, 0.3) is 0 Å². The summed E-state index contributed by atoms with van der Waals surface area (Å²) in [7, 11) is 0. The van der Waals surface area contributed by atoms with Gasteiger partial charge in [0.1, 0.15) is 12.1 Å². The lowest BCUT2D eigenvalue weighted by atomic mass is 9.96. The van der Waals surface area contributed by atoms with Crippen LogP contribution < -0.4 is 10.6 Å². The molecule has 1 unspecified atom stereocenters. The number of carbonyl (C=O) groups is 2. The van der Waals surface area contributed by atoms with E-state index in [1.165, 1.54) is 0 Å². The smallest absolute Gasteiger partial charge is 0.231 e. The number of hydrogen-bond donors (Lipinski definition) is 1. The lowest BCUT2D eigenvalue weighted by molar-refractivity contribution is -0.138. The third-order valence-electron chi connectivity index (χ3n) is 5.22. The van der Waals surface area contributed by atoms with Gasteiger partial charge in [-0.05, 0) is 25.8 Å². The summed E-state index contributed by atoms with van der Waals surface area (Å²) in [5.41, 5.74) is 6.32. The van der Waals surface area contributed by atoms with Gasteiger partial charge in [-0.25, -0.2) is 9.97 Å². The zero-order valence-corrected chi connectivity index (χ0v) is 15.4. The molecule has 26 heavy (non-hydrogen) atoms. The number of nitrogens with two attached hydrogens (primary N) is 1. The molecule has 2 aliphatic rings. The van der Waals surface area contributed by atoms with Crippen LogP contribution in [0.15, 0.2) is 12.4 Å². The van der Waals surface area contributed by atoms with E-state index in [1.54, 1.807) is 6.33 Å². The van der Waals surface area contributed by atoms with Gasteiger partial charge in [0.2, 0.25) is 11.8 Å². The van der Waals surface area contributed by atoms with E-state index < -0.39 is 0 Å². The molecular weight excluding hydrogens is 332 g/mol. The summed E-state index contributed by atoms with van der Waals surface area (Å²) in [6.45, 7) is 6.77. The topological polar surface area (TPSA) is 95.7 Å². The maximum Gasteiger partial charge on any atom is 0.231 e. The van der Waals surface area contributed by atoms with Crippen molar-refractivity contribution in [3.63, 3.8) is 0 Å². The molecule has 0 spiro atoms. The van der Waals surface area contributed by atoms with Crippen molar-refractivity contribution in [1.82, 2.24) is 19.8 Å². The number of piperazine rings is 1. The number of nitrogens with zero attached hydrogens (tertiary/aromatic N) is 5. The minimum absolute atomic E-state index is 0.0274. The Hall–Kier alpha value is -2.22. The van der Waals surface area contributed by atoms with E-state index in [0.717, 1.165) is 50.4 Å². The highest BCUT2D eigenvalue weighted by atomic mass is 16.2. The molecule has 0 aromatic carbocycles. The van der Waals surface area contributed by atoms with Gasteiger partial charge in [-0.1, -0.05) is 6.92 Å². The number of piperidine rings is 1. The molecule has 1 aromatic rings. The maximum atomic E-state index is 12.9. The Kier molecular flexibility index (Phi) is 6.03. The number of carbonyl (C=O) groups excluding carboxylic acids is 2. The van der Waals surface area contributed by atoms with Crippen LogP contribution in [0.25, 0.3) is 0 Å². The fourth-order valence-corrected chi connectivity index (χ4v) is 3.79. The highest BCUT2D eigenvalue weighted by molar-refractivity contribution is 5.80. The SMILES string of the molecule is CCc1cc(N2CCN(C(=O)C3CCCN(CC(N)=O)C3)CC2)ncn1. The number of aromatic nitrogens is 2. The number of anilines is 1. The molecule has 1 atom stereocenters. The predicted octanol–water partition coefficient (Wildman–Crippen LogP) is -0.115. The van der Waals surface area contributed by atoms with Crippen LogP contribution in [-0.2, 0) is 16.0 Å². The van der Waals surface area contributed by atoms with Gasteiger partial charge in [0.05, 0.1) is 12.5 Å². The van der Waals surface area contributed by atoms with Crippen LogP contribution in [0.5, 0.6) is 0 Å². The number of likely N-dealkylation sites (tertiary alicyclic amines) is 1. The molecule has 142 valence electrons. The molecule has 8 heteroatoms. The second kappa shape index (κ2) is 8.44. The molecule has 2 saturated heterocycles. The average molecular weight is 360 g/mol. The Balaban J connectivity index is 1.54.